The van der Waals surface area contributed by atoms with E-state index in [1.54, 1.807) is 24.3 Å². The van der Waals surface area contributed by atoms with Crippen molar-refractivity contribution in [1.82, 2.24) is 0 Å². The van der Waals surface area contributed by atoms with Gasteiger partial charge in [0.2, 0.25) is 0 Å². The number of aryl methyl sites for hydroxylation is 2. The van der Waals surface area contributed by atoms with Crippen LogP contribution in [0.5, 0.6) is 5.75 Å². The Bertz CT molecular complexity index is 1340. The number of halogens is 1. The Labute approximate surface area is 198 Å². The van der Waals surface area contributed by atoms with Gasteiger partial charge in [0, 0.05) is 16.3 Å². The smallest absolute Gasteiger partial charge is 0.339 e. The van der Waals surface area contributed by atoms with E-state index in [9.17, 15) is 18.5 Å². The summed E-state index contributed by atoms with van der Waals surface area (Å²) in [5.41, 5.74) is 2.47. The Balaban J connectivity index is 1.90. The molecule has 0 aliphatic heterocycles. The van der Waals surface area contributed by atoms with Crippen molar-refractivity contribution in [2.75, 3.05) is 5.32 Å². The van der Waals surface area contributed by atoms with Crippen molar-refractivity contribution >= 4 is 39.4 Å². The highest BCUT2D eigenvalue weighted by atomic mass is 35.5. The van der Waals surface area contributed by atoms with Crippen molar-refractivity contribution in [3.63, 3.8) is 0 Å². The van der Waals surface area contributed by atoms with E-state index in [1.165, 1.54) is 36.4 Å². The molecule has 0 fully saturated rings. The van der Waals surface area contributed by atoms with Crippen LogP contribution in [-0.2, 0) is 21.3 Å². The topological polar surface area (TPSA) is 96.3 Å². The molecule has 0 atom stereocenters. The first-order chi connectivity index (χ1) is 15.7. The minimum atomic E-state index is -4.14. The van der Waals surface area contributed by atoms with Gasteiger partial charge in [-0.05, 0) is 67.4 Å². The fraction of sp³-hybridized carbons (Fsp3) is 0.120. The van der Waals surface area contributed by atoms with Crippen LogP contribution in [-0.4, -0.2) is 14.3 Å². The summed E-state index contributed by atoms with van der Waals surface area (Å²) in [5.74, 6) is -0.707. The molecule has 0 radical (unpaired) electrons. The third-order valence-electron chi connectivity index (χ3n) is 4.77. The minimum Gasteiger partial charge on any atom is -0.378 e. The second kappa shape index (κ2) is 10.3. The molecule has 3 aromatic carbocycles. The van der Waals surface area contributed by atoms with Gasteiger partial charge in [0.15, 0.2) is 0 Å². The molecule has 168 valence electrons. The molecule has 0 spiro atoms. The van der Waals surface area contributed by atoms with Gasteiger partial charge in [0.1, 0.15) is 22.3 Å². The first-order valence-electron chi connectivity index (χ1n) is 10.0. The molecule has 0 saturated carbocycles. The first-order valence-corrected chi connectivity index (χ1v) is 11.8. The van der Waals surface area contributed by atoms with Crippen molar-refractivity contribution in [3.05, 3.63) is 94.0 Å². The maximum atomic E-state index is 12.7. The Morgan fingerprint density at radius 2 is 1.76 bits per heavy atom. The summed E-state index contributed by atoms with van der Waals surface area (Å²) in [5, 5.41) is 12.5. The number of hydrogen-bond acceptors (Lipinski definition) is 5. The predicted molar refractivity (Wildman–Crippen MR) is 128 cm³/mol. The summed E-state index contributed by atoms with van der Waals surface area (Å²) >= 11 is 6.07. The average molecular weight is 481 g/mol. The van der Waals surface area contributed by atoms with E-state index in [-0.39, 0.29) is 26.8 Å². The number of anilines is 1. The highest BCUT2D eigenvalue weighted by molar-refractivity contribution is 7.87. The van der Waals surface area contributed by atoms with E-state index in [1.807, 2.05) is 32.0 Å². The Morgan fingerprint density at radius 1 is 1.09 bits per heavy atom. The number of nitrogens with zero attached hydrogens (tertiary/aromatic N) is 1. The molecular weight excluding hydrogens is 460 g/mol. The largest absolute Gasteiger partial charge is 0.378 e. The number of nitriles is 1. The monoisotopic (exact) mass is 480 g/mol. The lowest BCUT2D eigenvalue weighted by Gasteiger charge is -2.11. The van der Waals surface area contributed by atoms with E-state index in [2.05, 4.69) is 5.32 Å². The van der Waals surface area contributed by atoms with E-state index >= 15 is 0 Å². The van der Waals surface area contributed by atoms with Crippen LogP contribution in [0.15, 0.2) is 77.2 Å². The molecule has 0 bridgehead atoms. The zero-order valence-electron chi connectivity index (χ0n) is 18.0. The summed E-state index contributed by atoms with van der Waals surface area (Å²) in [6.07, 6.45) is 2.10. The fourth-order valence-electron chi connectivity index (χ4n) is 2.91. The number of carbonyl (C=O) groups excluding carboxylic acids is 1. The van der Waals surface area contributed by atoms with Crippen LogP contribution in [0.1, 0.15) is 23.6 Å². The third-order valence-corrected chi connectivity index (χ3v) is 6.25. The molecule has 8 heteroatoms. The van der Waals surface area contributed by atoms with Crippen molar-refractivity contribution < 1.29 is 17.4 Å². The molecule has 0 saturated heterocycles. The van der Waals surface area contributed by atoms with Crippen molar-refractivity contribution in [2.24, 2.45) is 0 Å². The van der Waals surface area contributed by atoms with Gasteiger partial charge < -0.3 is 9.50 Å². The van der Waals surface area contributed by atoms with Crippen LogP contribution in [0.25, 0.3) is 6.08 Å². The predicted octanol–water partition coefficient (Wildman–Crippen LogP) is 5.52. The van der Waals surface area contributed by atoms with Gasteiger partial charge in [-0.1, -0.05) is 48.4 Å². The number of rotatable bonds is 7. The normalized spacial score (nSPS) is 11.5. The lowest BCUT2D eigenvalue weighted by molar-refractivity contribution is -0.112. The highest BCUT2D eigenvalue weighted by Crippen LogP contribution is 2.28. The maximum Gasteiger partial charge on any atom is 0.339 e. The molecular formula is C25H21ClN2O4S. The quantitative estimate of drug-likeness (QED) is 0.272. The summed E-state index contributed by atoms with van der Waals surface area (Å²) in [7, 11) is -4.14. The van der Waals surface area contributed by atoms with Gasteiger partial charge in [-0.15, -0.1) is 0 Å². The summed E-state index contributed by atoms with van der Waals surface area (Å²) in [6.45, 7) is 3.86. The maximum absolute atomic E-state index is 12.7. The lowest BCUT2D eigenvalue weighted by Crippen LogP contribution is -2.14. The standard InChI is InChI=1S/C25H21ClN2O4S/c1-3-18-6-9-22(10-7-18)28-25(29)20(16-27)14-19-15-21(26)8-13-24(19)32-33(30,31)23-11-4-17(2)5-12-23/h4-15H,3H2,1-2H3,(H,28,29)/b20-14+. The van der Waals surface area contributed by atoms with Gasteiger partial charge >= 0.3 is 10.1 Å². The van der Waals surface area contributed by atoms with Crippen LogP contribution < -0.4 is 9.50 Å². The molecule has 33 heavy (non-hydrogen) atoms. The molecule has 3 aromatic rings. The number of amides is 1. The molecule has 0 aliphatic carbocycles. The highest BCUT2D eigenvalue weighted by Gasteiger charge is 2.19. The zero-order valence-corrected chi connectivity index (χ0v) is 19.6. The molecule has 1 amide bonds. The van der Waals surface area contributed by atoms with Crippen molar-refractivity contribution in [2.45, 2.75) is 25.2 Å². The minimum absolute atomic E-state index is 0.0215. The summed E-state index contributed by atoms with van der Waals surface area (Å²) < 4.78 is 30.7. The summed E-state index contributed by atoms with van der Waals surface area (Å²) in [4.78, 5) is 12.6. The van der Waals surface area contributed by atoms with Gasteiger partial charge in [-0.25, -0.2) is 0 Å². The van der Waals surface area contributed by atoms with Gasteiger partial charge in [0.25, 0.3) is 5.91 Å². The van der Waals surface area contributed by atoms with Gasteiger partial charge in [-0.2, -0.15) is 13.7 Å². The SMILES string of the molecule is CCc1ccc(NC(=O)/C(C#N)=C/c2cc(Cl)ccc2OS(=O)(=O)c2ccc(C)cc2)cc1. The second-order valence-corrected chi connectivity index (χ2v) is 9.19. The molecule has 0 aliphatic rings. The molecule has 3 rings (SSSR count). The Morgan fingerprint density at radius 3 is 2.36 bits per heavy atom. The van der Waals surface area contributed by atoms with E-state index in [0.29, 0.717) is 5.69 Å². The number of carbonyl (C=O) groups is 1. The van der Waals surface area contributed by atoms with Crippen molar-refractivity contribution in [1.29, 1.82) is 5.26 Å². The van der Waals surface area contributed by atoms with Gasteiger partial charge in [-0.3, -0.25) is 4.79 Å². The Kier molecular flexibility index (Phi) is 7.54. The second-order valence-electron chi connectivity index (χ2n) is 7.21. The summed E-state index contributed by atoms with van der Waals surface area (Å²) in [6, 6.07) is 19.5. The molecule has 0 aromatic heterocycles. The van der Waals surface area contributed by atoms with Crippen LogP contribution in [0.2, 0.25) is 5.02 Å². The number of nitrogens with one attached hydrogen (secondary N) is 1. The number of benzene rings is 3. The van der Waals surface area contributed by atoms with E-state index < -0.39 is 16.0 Å². The number of hydrogen-bond donors (Lipinski definition) is 1. The third kappa shape index (κ3) is 6.22. The van der Waals surface area contributed by atoms with E-state index in [0.717, 1.165) is 17.5 Å². The average Bonchev–Trinajstić information content (AvgIpc) is 2.79. The first kappa shape index (κ1) is 24.1. The molecule has 0 unspecified atom stereocenters. The fourth-order valence-corrected chi connectivity index (χ4v) is 4.04. The Hall–Kier alpha value is -3.60. The molecule has 0 heterocycles. The van der Waals surface area contributed by atoms with Gasteiger partial charge in [0.05, 0.1) is 0 Å². The van der Waals surface area contributed by atoms with Crippen molar-refractivity contribution in [3.8, 4) is 11.8 Å². The lowest BCUT2D eigenvalue weighted by atomic mass is 10.1. The van der Waals surface area contributed by atoms with Crippen LogP contribution in [0.3, 0.4) is 0 Å². The van der Waals surface area contributed by atoms with Crippen LogP contribution >= 0.6 is 11.6 Å². The van der Waals surface area contributed by atoms with Crippen LogP contribution in [0.4, 0.5) is 5.69 Å². The zero-order chi connectivity index (χ0) is 24.0. The molecule has 1 N–H and O–H groups in total. The van der Waals surface area contributed by atoms with E-state index in [4.69, 9.17) is 15.8 Å². The van der Waals surface area contributed by atoms with Crippen LogP contribution in [0, 0.1) is 18.3 Å². The molecule has 6 nitrogen and oxygen atoms in total.